The highest BCUT2D eigenvalue weighted by Crippen LogP contribution is 2.49. The zero-order chi connectivity index (χ0) is 27.4. The van der Waals surface area contributed by atoms with Crippen molar-refractivity contribution in [1.29, 1.82) is 5.26 Å². The highest BCUT2D eigenvalue weighted by atomic mass is 19.4. The Hall–Kier alpha value is -3.45. The molecule has 4 atom stereocenters. The molecule has 2 amide bonds. The monoisotopic (exact) mass is 529 g/mol. The lowest BCUT2D eigenvalue weighted by atomic mass is 9.85. The van der Waals surface area contributed by atoms with Crippen LogP contribution < -0.4 is 5.32 Å². The molecule has 0 bridgehead atoms. The molecular formula is C28H27F4N3O3. The van der Waals surface area contributed by atoms with Crippen LogP contribution in [0.3, 0.4) is 0 Å². The van der Waals surface area contributed by atoms with Gasteiger partial charge in [-0.3, -0.25) is 9.59 Å². The molecule has 1 unspecified atom stereocenters. The van der Waals surface area contributed by atoms with E-state index in [9.17, 15) is 32.4 Å². The molecule has 2 aromatic carbocycles. The molecular weight excluding hydrogens is 502 g/mol. The van der Waals surface area contributed by atoms with E-state index in [1.807, 2.05) is 0 Å². The minimum atomic E-state index is -4.69. The number of rotatable bonds is 6. The Morgan fingerprint density at radius 3 is 2.45 bits per heavy atom. The number of piperidine rings is 1. The first-order valence-electron chi connectivity index (χ1n) is 12.5. The number of likely N-dealkylation sites (tertiary alicyclic amines) is 1. The van der Waals surface area contributed by atoms with Crippen LogP contribution in [0.15, 0.2) is 42.5 Å². The fourth-order valence-electron chi connectivity index (χ4n) is 5.34. The van der Waals surface area contributed by atoms with Crippen molar-refractivity contribution in [3.8, 4) is 6.07 Å². The summed E-state index contributed by atoms with van der Waals surface area (Å²) in [6.45, 7) is 3.96. The first-order chi connectivity index (χ1) is 17.9. The number of benzene rings is 2. The van der Waals surface area contributed by atoms with Gasteiger partial charge in [-0.2, -0.15) is 18.4 Å². The van der Waals surface area contributed by atoms with Crippen molar-refractivity contribution in [2.45, 2.75) is 56.4 Å². The summed E-state index contributed by atoms with van der Waals surface area (Å²) >= 11 is 0. The van der Waals surface area contributed by atoms with Crippen molar-refractivity contribution in [2.24, 2.45) is 11.8 Å². The maximum absolute atomic E-state index is 14.9. The Morgan fingerprint density at radius 1 is 1.11 bits per heavy atom. The maximum atomic E-state index is 14.9. The van der Waals surface area contributed by atoms with Gasteiger partial charge in [-0.05, 0) is 62.4 Å². The minimum Gasteiger partial charge on any atom is -0.381 e. The Balaban J connectivity index is 1.39. The molecule has 0 spiro atoms. The van der Waals surface area contributed by atoms with Crippen molar-refractivity contribution in [3.63, 3.8) is 0 Å². The van der Waals surface area contributed by atoms with Gasteiger partial charge in [-0.15, -0.1) is 0 Å². The third-order valence-electron chi connectivity index (χ3n) is 7.85. The third kappa shape index (κ3) is 4.75. The van der Waals surface area contributed by atoms with Crippen LogP contribution >= 0.6 is 0 Å². The third-order valence-corrected chi connectivity index (χ3v) is 7.85. The van der Waals surface area contributed by atoms with Crippen molar-refractivity contribution >= 4 is 11.8 Å². The second-order valence-corrected chi connectivity index (χ2v) is 10.9. The Labute approximate surface area is 217 Å². The number of halogens is 4. The summed E-state index contributed by atoms with van der Waals surface area (Å²) in [6, 6.07) is 9.54. The van der Waals surface area contributed by atoms with Gasteiger partial charge in [-0.1, -0.05) is 18.2 Å². The molecule has 1 saturated carbocycles. The fraction of sp³-hybridized carbons (Fsp3) is 0.464. The van der Waals surface area contributed by atoms with E-state index in [1.54, 1.807) is 43.0 Å². The summed E-state index contributed by atoms with van der Waals surface area (Å²) in [5.74, 6) is -1.99. The van der Waals surface area contributed by atoms with Gasteiger partial charge in [0, 0.05) is 23.1 Å². The van der Waals surface area contributed by atoms with E-state index in [4.69, 9.17) is 4.74 Å². The highest BCUT2D eigenvalue weighted by Gasteiger charge is 2.56. The molecule has 38 heavy (non-hydrogen) atoms. The summed E-state index contributed by atoms with van der Waals surface area (Å²) in [7, 11) is 0. The predicted octanol–water partition coefficient (Wildman–Crippen LogP) is 4.75. The molecule has 5 rings (SSSR count). The zero-order valence-electron chi connectivity index (χ0n) is 20.9. The van der Waals surface area contributed by atoms with Crippen LogP contribution in [0, 0.1) is 29.0 Å². The van der Waals surface area contributed by atoms with E-state index in [1.165, 1.54) is 0 Å². The van der Waals surface area contributed by atoms with Crippen LogP contribution in [0.2, 0.25) is 0 Å². The van der Waals surface area contributed by atoms with E-state index < -0.39 is 41.0 Å². The SMILES string of the molecule is CC(C)(C#N)c1cccc(C(=O)N2[C@@H](C(=O)NC(c3ccc(C(F)(F)F)cc3F)C3COC3)C[C@H]3C[C@H]32)c1. The van der Waals surface area contributed by atoms with Crippen LogP contribution in [0.1, 0.15) is 59.8 Å². The number of hydrogen-bond donors (Lipinski definition) is 1. The second-order valence-electron chi connectivity index (χ2n) is 10.9. The van der Waals surface area contributed by atoms with Gasteiger partial charge in [0.1, 0.15) is 11.9 Å². The predicted molar refractivity (Wildman–Crippen MR) is 128 cm³/mol. The van der Waals surface area contributed by atoms with E-state index in [2.05, 4.69) is 11.4 Å². The molecule has 3 aliphatic rings. The number of carbonyl (C=O) groups is 2. The topological polar surface area (TPSA) is 82.4 Å². The van der Waals surface area contributed by atoms with E-state index in [0.717, 1.165) is 18.6 Å². The second kappa shape index (κ2) is 9.38. The van der Waals surface area contributed by atoms with E-state index in [0.29, 0.717) is 23.6 Å². The number of amides is 2. The number of hydrogen-bond acceptors (Lipinski definition) is 4. The molecule has 0 radical (unpaired) electrons. The molecule has 2 heterocycles. The summed E-state index contributed by atoms with van der Waals surface area (Å²) in [4.78, 5) is 28.7. The van der Waals surface area contributed by atoms with Crippen LogP contribution in [-0.4, -0.2) is 42.0 Å². The maximum Gasteiger partial charge on any atom is 0.416 e. The van der Waals surface area contributed by atoms with Crippen LogP contribution in [0.5, 0.6) is 0 Å². The standard InChI is InChI=1S/C28H27F4N3O3/c1-27(2,14-33)18-5-3-4-15(8-18)26(37)35-22-9-16(22)10-23(35)25(36)34-24(17-12-38-13-17)20-7-6-19(11-21(20)29)28(30,31)32/h3-8,11,16-17,22-24H,9-10,12-13H2,1-2H3,(H,34,36)/t16-,22-,23-,24?/m1/s1. The number of nitrogens with zero attached hydrogens (tertiary/aromatic N) is 2. The smallest absolute Gasteiger partial charge is 0.381 e. The molecule has 2 aromatic rings. The number of nitrogens with one attached hydrogen (secondary N) is 1. The van der Waals surface area contributed by atoms with E-state index in [-0.39, 0.29) is 42.6 Å². The van der Waals surface area contributed by atoms with Gasteiger partial charge in [0.15, 0.2) is 0 Å². The first kappa shape index (κ1) is 26.2. The van der Waals surface area contributed by atoms with Gasteiger partial charge < -0.3 is 15.0 Å². The van der Waals surface area contributed by atoms with Crippen molar-refractivity contribution in [1.82, 2.24) is 10.2 Å². The number of fused-ring (bicyclic) bond motifs is 1. The number of ether oxygens (including phenoxy) is 1. The average Bonchev–Trinajstić information content (AvgIpc) is 3.50. The van der Waals surface area contributed by atoms with Crippen LogP contribution in [-0.2, 0) is 21.1 Å². The quantitative estimate of drug-likeness (QED) is 0.548. The lowest BCUT2D eigenvalue weighted by molar-refractivity contribution is -0.138. The molecule has 6 nitrogen and oxygen atoms in total. The highest BCUT2D eigenvalue weighted by molar-refractivity contribution is 5.99. The molecule has 2 aliphatic heterocycles. The molecule has 1 N–H and O–H groups in total. The van der Waals surface area contributed by atoms with Crippen LogP contribution in [0.25, 0.3) is 0 Å². The fourth-order valence-corrected chi connectivity index (χ4v) is 5.34. The molecule has 200 valence electrons. The summed E-state index contributed by atoms with van der Waals surface area (Å²) in [6.07, 6.45) is -3.45. The molecule has 1 aliphatic carbocycles. The van der Waals surface area contributed by atoms with Gasteiger partial charge in [-0.25, -0.2) is 4.39 Å². The Bertz CT molecular complexity index is 1320. The average molecular weight is 530 g/mol. The van der Waals surface area contributed by atoms with Gasteiger partial charge in [0.05, 0.1) is 36.3 Å². The zero-order valence-corrected chi connectivity index (χ0v) is 20.9. The summed E-state index contributed by atoms with van der Waals surface area (Å²) in [5, 5.41) is 12.3. The lowest BCUT2D eigenvalue weighted by Crippen LogP contribution is -2.51. The Kier molecular flexibility index (Phi) is 6.46. The summed E-state index contributed by atoms with van der Waals surface area (Å²) in [5.41, 5.74) is -0.908. The van der Waals surface area contributed by atoms with E-state index >= 15 is 0 Å². The molecule has 2 saturated heterocycles. The van der Waals surface area contributed by atoms with Crippen molar-refractivity contribution in [3.05, 3.63) is 70.5 Å². The summed E-state index contributed by atoms with van der Waals surface area (Å²) < 4.78 is 59.2. The van der Waals surface area contributed by atoms with Crippen LogP contribution in [0.4, 0.5) is 17.6 Å². The first-order valence-corrected chi connectivity index (χ1v) is 12.5. The molecule has 3 fully saturated rings. The van der Waals surface area contributed by atoms with Gasteiger partial charge in [0.2, 0.25) is 5.91 Å². The largest absolute Gasteiger partial charge is 0.416 e. The van der Waals surface area contributed by atoms with Gasteiger partial charge >= 0.3 is 6.18 Å². The van der Waals surface area contributed by atoms with Gasteiger partial charge in [0.25, 0.3) is 5.91 Å². The number of carbonyl (C=O) groups excluding carboxylic acids is 2. The lowest BCUT2D eigenvalue weighted by Gasteiger charge is -2.36. The van der Waals surface area contributed by atoms with Crippen molar-refractivity contribution < 1.29 is 31.9 Å². The Morgan fingerprint density at radius 2 is 1.84 bits per heavy atom. The molecule has 10 heteroatoms. The molecule has 0 aromatic heterocycles. The minimum absolute atomic E-state index is 0.0490. The normalized spacial score (nSPS) is 23.7. The number of alkyl halides is 3. The van der Waals surface area contributed by atoms with Crippen molar-refractivity contribution in [2.75, 3.05) is 13.2 Å². The number of nitriles is 1.